The zero-order valence-corrected chi connectivity index (χ0v) is 14.5. The molecular weight excluding hydrogens is 316 g/mol. The quantitative estimate of drug-likeness (QED) is 0.919. The average molecular weight is 340 g/mol. The Labute approximate surface area is 147 Å². The minimum Gasteiger partial charge on any atom is -0.447 e. The summed E-state index contributed by atoms with van der Waals surface area (Å²) in [6.07, 6.45) is 2.19. The molecule has 2 heterocycles. The van der Waals surface area contributed by atoms with Gasteiger partial charge in [0.15, 0.2) is 0 Å². The summed E-state index contributed by atoms with van der Waals surface area (Å²) in [6.45, 7) is 4.39. The number of carbonyl (C=O) groups excluding carboxylic acids is 2. The van der Waals surface area contributed by atoms with Crippen LogP contribution in [-0.4, -0.2) is 42.1 Å². The highest BCUT2D eigenvalue weighted by Crippen LogP contribution is 2.58. The van der Waals surface area contributed by atoms with Crippen LogP contribution in [0.3, 0.4) is 0 Å². The normalized spacial score (nSPS) is 38.1. The Morgan fingerprint density at radius 3 is 2.48 bits per heavy atom. The number of ether oxygens (including phenoxy) is 1. The van der Waals surface area contributed by atoms with Crippen LogP contribution in [0.5, 0.6) is 0 Å². The van der Waals surface area contributed by atoms with Gasteiger partial charge in [-0.3, -0.25) is 4.79 Å². The third kappa shape index (κ3) is 2.35. The van der Waals surface area contributed by atoms with Gasteiger partial charge < -0.3 is 15.0 Å². The van der Waals surface area contributed by atoms with E-state index in [1.807, 2.05) is 0 Å². The van der Waals surface area contributed by atoms with Crippen molar-refractivity contribution in [1.29, 1.82) is 0 Å². The fourth-order valence-corrected chi connectivity index (χ4v) is 5.20. The predicted molar refractivity (Wildman–Crippen MR) is 92.1 cm³/mol. The lowest BCUT2D eigenvalue weighted by Gasteiger charge is -2.43. The number of alkyl carbamates (subject to hydrolysis) is 1. The molecule has 1 aromatic rings. The molecule has 1 N–H and O–H groups in total. The van der Waals surface area contributed by atoms with Crippen LogP contribution in [0.1, 0.15) is 36.8 Å². The molecular formula is C20H24N2O3. The molecule has 2 aliphatic carbocycles. The molecule has 0 bridgehead atoms. The molecule has 1 unspecified atom stereocenters. The topological polar surface area (TPSA) is 58.6 Å². The maximum Gasteiger partial charge on any atom is 0.407 e. The Bertz CT molecular complexity index is 711. The van der Waals surface area contributed by atoms with Crippen molar-refractivity contribution in [3.63, 3.8) is 0 Å². The molecule has 4 aliphatic rings. The van der Waals surface area contributed by atoms with E-state index in [2.05, 4.69) is 41.4 Å². The number of benzene rings is 1. The number of aryl methyl sites for hydroxylation is 1. The zero-order valence-electron chi connectivity index (χ0n) is 14.5. The fraction of sp³-hybridized carbons (Fsp3) is 0.600. The smallest absolute Gasteiger partial charge is 0.407 e. The number of nitrogens with one attached hydrogen (secondary N) is 1. The molecule has 3 atom stereocenters. The van der Waals surface area contributed by atoms with E-state index in [0.29, 0.717) is 24.4 Å². The lowest BCUT2D eigenvalue weighted by atomic mass is 9.68. The molecule has 2 saturated heterocycles. The number of nitrogens with zero attached hydrogens (tertiary/aromatic N) is 1. The van der Waals surface area contributed by atoms with E-state index >= 15 is 0 Å². The molecule has 5 heteroatoms. The minimum absolute atomic E-state index is 0.0572. The van der Waals surface area contributed by atoms with Crippen LogP contribution in [0, 0.1) is 17.8 Å². The number of rotatable bonds is 3. The molecule has 2 amide bonds. The largest absolute Gasteiger partial charge is 0.447 e. The molecule has 0 aromatic heterocycles. The van der Waals surface area contributed by atoms with Crippen LogP contribution in [-0.2, 0) is 16.0 Å². The molecule has 132 valence electrons. The Balaban J connectivity index is 1.16. The van der Waals surface area contributed by atoms with Gasteiger partial charge in [-0.25, -0.2) is 4.79 Å². The van der Waals surface area contributed by atoms with Crippen LogP contribution < -0.4 is 5.32 Å². The number of hydrogen-bond acceptors (Lipinski definition) is 3. The van der Waals surface area contributed by atoms with Crippen molar-refractivity contribution < 1.29 is 14.3 Å². The molecule has 4 fully saturated rings. The van der Waals surface area contributed by atoms with E-state index in [1.165, 1.54) is 11.1 Å². The first-order valence-electron chi connectivity index (χ1n) is 9.41. The summed E-state index contributed by atoms with van der Waals surface area (Å²) < 4.78 is 4.99. The summed E-state index contributed by atoms with van der Waals surface area (Å²) in [5.74, 6) is 2.26. The van der Waals surface area contributed by atoms with E-state index in [1.54, 1.807) is 0 Å². The Kier molecular flexibility index (Phi) is 3.19. The number of piperidine rings is 1. The summed E-state index contributed by atoms with van der Waals surface area (Å²) in [6, 6.07) is 9.01. The van der Waals surface area contributed by atoms with Gasteiger partial charge in [0.05, 0.1) is 5.54 Å². The van der Waals surface area contributed by atoms with Crippen LogP contribution >= 0.6 is 0 Å². The number of carbonyl (C=O) groups is 2. The van der Waals surface area contributed by atoms with E-state index in [9.17, 15) is 9.59 Å². The molecule has 1 spiro atoms. The monoisotopic (exact) mass is 340 g/mol. The summed E-state index contributed by atoms with van der Waals surface area (Å²) >= 11 is 0. The van der Waals surface area contributed by atoms with E-state index in [4.69, 9.17) is 4.74 Å². The molecule has 0 radical (unpaired) electrons. The third-order valence-corrected chi connectivity index (χ3v) is 6.75. The number of cyclic esters (lactones) is 1. The van der Waals surface area contributed by atoms with E-state index in [-0.39, 0.29) is 23.5 Å². The van der Waals surface area contributed by atoms with Crippen molar-refractivity contribution in [1.82, 2.24) is 10.2 Å². The van der Waals surface area contributed by atoms with Gasteiger partial charge in [0.25, 0.3) is 0 Å². The van der Waals surface area contributed by atoms with Crippen molar-refractivity contribution >= 4 is 12.0 Å². The number of likely N-dealkylation sites (tertiary alicyclic amines) is 1. The minimum atomic E-state index is -0.342. The van der Waals surface area contributed by atoms with Crippen LogP contribution in [0.2, 0.25) is 0 Å². The number of fused-ring (bicyclic) bond motifs is 1. The maximum atomic E-state index is 12.7. The first kappa shape index (κ1) is 15.2. The molecule has 5 rings (SSSR count). The van der Waals surface area contributed by atoms with Crippen LogP contribution in [0.25, 0.3) is 0 Å². The highest BCUT2D eigenvalue weighted by molar-refractivity contribution is 5.82. The zero-order chi connectivity index (χ0) is 17.2. The van der Waals surface area contributed by atoms with E-state index in [0.717, 1.165) is 32.4 Å². The van der Waals surface area contributed by atoms with Gasteiger partial charge in [-0.05, 0) is 48.1 Å². The van der Waals surface area contributed by atoms with Gasteiger partial charge in [-0.2, -0.15) is 0 Å². The SMILES string of the molecule is CCc1ccc(C2[C@H]3CN(C(=O)C4CC5(COC(=O)N5)C4)C[C@@H]23)cc1. The van der Waals surface area contributed by atoms with Crippen molar-refractivity contribution in [2.75, 3.05) is 19.7 Å². The summed E-state index contributed by atoms with van der Waals surface area (Å²) in [5, 5.41) is 2.87. The molecule has 5 nitrogen and oxygen atoms in total. The van der Waals surface area contributed by atoms with Gasteiger partial charge in [0.1, 0.15) is 6.61 Å². The third-order valence-electron chi connectivity index (χ3n) is 6.75. The first-order chi connectivity index (χ1) is 12.1. The fourth-order valence-electron chi connectivity index (χ4n) is 5.20. The molecule has 2 saturated carbocycles. The lowest BCUT2D eigenvalue weighted by Crippen LogP contribution is -2.58. The second-order valence-corrected chi connectivity index (χ2v) is 8.28. The number of hydrogen-bond donors (Lipinski definition) is 1. The van der Waals surface area contributed by atoms with Crippen LogP contribution in [0.4, 0.5) is 4.79 Å². The van der Waals surface area contributed by atoms with Gasteiger partial charge in [0, 0.05) is 19.0 Å². The second kappa shape index (κ2) is 5.23. The standard InChI is InChI=1S/C20H24N2O3/c1-2-12-3-5-13(6-4-12)17-15-9-22(10-16(15)17)18(23)14-7-20(8-14)11-25-19(24)21-20/h3-6,14-17H,2,7-11H2,1H3,(H,21,24)/t14?,15-,16+,17?,20?. The van der Waals surface area contributed by atoms with Crippen LogP contribution in [0.15, 0.2) is 24.3 Å². The molecule has 1 aromatic carbocycles. The van der Waals surface area contributed by atoms with Crippen molar-refractivity contribution in [3.8, 4) is 0 Å². The predicted octanol–water partition coefficient (Wildman–Crippen LogP) is 2.31. The Hall–Kier alpha value is -2.04. The highest BCUT2D eigenvalue weighted by atomic mass is 16.6. The molecule has 2 aliphatic heterocycles. The van der Waals surface area contributed by atoms with Gasteiger partial charge in [-0.15, -0.1) is 0 Å². The Morgan fingerprint density at radius 2 is 1.92 bits per heavy atom. The summed E-state index contributed by atoms with van der Waals surface area (Å²) in [4.78, 5) is 26.0. The van der Waals surface area contributed by atoms with Gasteiger partial charge >= 0.3 is 6.09 Å². The highest BCUT2D eigenvalue weighted by Gasteiger charge is 2.59. The van der Waals surface area contributed by atoms with E-state index < -0.39 is 0 Å². The van der Waals surface area contributed by atoms with Crippen molar-refractivity contribution in [2.24, 2.45) is 17.8 Å². The summed E-state index contributed by atoms with van der Waals surface area (Å²) in [7, 11) is 0. The van der Waals surface area contributed by atoms with Gasteiger partial charge in [0.2, 0.25) is 5.91 Å². The lowest BCUT2D eigenvalue weighted by molar-refractivity contribution is -0.140. The maximum absolute atomic E-state index is 12.7. The molecule has 25 heavy (non-hydrogen) atoms. The number of amides is 2. The Morgan fingerprint density at radius 1 is 1.24 bits per heavy atom. The van der Waals surface area contributed by atoms with Gasteiger partial charge in [-0.1, -0.05) is 31.2 Å². The first-order valence-corrected chi connectivity index (χ1v) is 9.41. The van der Waals surface area contributed by atoms with Crippen molar-refractivity contribution in [3.05, 3.63) is 35.4 Å². The summed E-state index contributed by atoms with van der Waals surface area (Å²) in [5.41, 5.74) is 2.56. The average Bonchev–Trinajstić information content (AvgIpc) is 2.94. The van der Waals surface area contributed by atoms with Crippen molar-refractivity contribution in [2.45, 2.75) is 37.6 Å². The second-order valence-electron chi connectivity index (χ2n) is 8.28.